The summed E-state index contributed by atoms with van der Waals surface area (Å²) >= 11 is 0. The van der Waals surface area contributed by atoms with Crippen LogP contribution in [0.5, 0.6) is 0 Å². The van der Waals surface area contributed by atoms with Gasteiger partial charge in [-0.15, -0.1) is 0 Å². The summed E-state index contributed by atoms with van der Waals surface area (Å²) in [7, 11) is -6.36. The number of carbonyl (C=O) groups excluding carboxylic acids is 14. The number of carbonyl (C=O) groups is 16. The van der Waals surface area contributed by atoms with Crippen molar-refractivity contribution >= 4 is 114 Å². The van der Waals surface area contributed by atoms with E-state index >= 15 is 0 Å². The number of aliphatic carboxylic acids is 2. The van der Waals surface area contributed by atoms with Crippen molar-refractivity contribution in [1.82, 2.24) is 36.6 Å². The van der Waals surface area contributed by atoms with Gasteiger partial charge in [-0.1, -0.05) is 118 Å². The number of hydrogen-bond acceptors (Lipinski definition) is 30. The molecule has 0 rings (SSSR count). The first-order valence-electron chi connectivity index (χ1n) is 44.9. The Labute approximate surface area is 826 Å². The maximum absolute atomic E-state index is 11.0. The minimum Gasteiger partial charge on any atom is -0.478 e. The zero-order chi connectivity index (χ0) is 111. The fourth-order valence-electron chi connectivity index (χ4n) is 6.39. The van der Waals surface area contributed by atoms with E-state index in [-0.39, 0.29) is 181 Å². The SMILES string of the molecule is CC(C)C(=O)/C=C/C(=O)O.CC(C)C(=O)/C=C/CCO.CC(C)C(=O)/C=C/CN.CC(C)C(=O)/C=C/CO.CC(C)NC(=O)/C=C/C(=O)O.CC(C)NC(=O)/C=C/C(N)=O.CC(C)NC(=O)/C=C/CCO.CC(C)NC(=O)/C=C/CN.CC(C)NC(=O)/C=C/CO.CC(C)NS(=O)(=O)/C=C/CCO.CC(C)S(=O)(=O)/C=C/CCO.CCOC(=O)/C=C/C(=O)C(C)C.CCOC(=O)/C=C/C(=O)NC(C)C. The highest BCUT2D eigenvalue weighted by Crippen LogP contribution is 2.04. The number of aliphatic hydroxyl groups is 6. The molecule has 0 saturated heterocycles. The molecular formula is C97H172N10O30S2. The normalized spacial score (nSPS) is 11.1. The zero-order valence-corrected chi connectivity index (χ0v) is 88.7. The third-order valence-electron chi connectivity index (χ3n) is 12.9. The van der Waals surface area contributed by atoms with Gasteiger partial charge in [-0.2, -0.15) is 0 Å². The van der Waals surface area contributed by atoms with E-state index in [0.717, 1.165) is 65.5 Å². The first-order chi connectivity index (χ1) is 64.2. The second-order valence-corrected chi connectivity index (χ2v) is 35.5. The number of ketones is 5. The molecule has 802 valence electrons. The summed E-state index contributed by atoms with van der Waals surface area (Å²) in [4.78, 5) is 170. The topological polar surface area (TPSA) is 684 Å². The number of amides is 7. The highest BCUT2D eigenvalue weighted by atomic mass is 32.2. The van der Waals surface area contributed by atoms with E-state index in [4.69, 9.17) is 58.1 Å². The number of nitrogens with two attached hydrogens (primary N) is 3. The number of carboxylic acids is 2. The summed E-state index contributed by atoms with van der Waals surface area (Å²) in [5.74, 6) is -5.05. The van der Waals surface area contributed by atoms with Crippen LogP contribution in [0.2, 0.25) is 0 Å². The molecule has 0 saturated carbocycles. The molecule has 21 N–H and O–H groups in total. The highest BCUT2D eigenvalue weighted by Gasteiger charge is 2.12. The van der Waals surface area contributed by atoms with Crippen molar-refractivity contribution in [2.24, 2.45) is 46.8 Å². The van der Waals surface area contributed by atoms with Crippen LogP contribution in [0, 0.1) is 29.6 Å². The largest absolute Gasteiger partial charge is 0.478 e. The van der Waals surface area contributed by atoms with Crippen LogP contribution in [-0.4, -0.2) is 265 Å². The predicted octanol–water partition coefficient (Wildman–Crippen LogP) is 6.61. The maximum Gasteiger partial charge on any atom is 0.330 e. The molecule has 0 aliphatic rings. The number of esters is 2. The van der Waals surface area contributed by atoms with Crippen LogP contribution in [0.1, 0.15) is 220 Å². The van der Waals surface area contributed by atoms with Crippen molar-refractivity contribution in [1.29, 1.82) is 0 Å². The molecular weight excluding hydrogens is 1850 g/mol. The third kappa shape index (κ3) is 155. The summed E-state index contributed by atoms with van der Waals surface area (Å²) in [6.45, 7) is 52.1. The van der Waals surface area contributed by atoms with Crippen molar-refractivity contribution in [2.75, 3.05) is 65.9 Å². The standard InChI is InChI=1S/C9H15NO3.C9H14O3.C8H15NO2.C8H14O2.C7H12N2O2.C7H14N2O.C7H15NO3S.C7H11NO3.C7H13NO2.C7H13NO.C7H14O3S.C7H10O3.C7H12O2/c1-4-13-9(12)6-5-8(11)10-7(2)3;1-4-12-9(11)6-5-8(10)7(2)3;1-7(2)9-8(11)5-3-4-6-10;1-7(2)8(10)5-3-4-6-9;1-5(2)9-7(11)4-3-6(8)10;1-6(2)9-7(10)4-3-5-8;1-7(2)8-12(10,11)6-4-3-5-9;1-5(2)8-6(9)3-4-7(10)11;1-6(2)8-7(10)4-3-5-9;1-6(2)7(9)4-3-5-8;1-7(2)11(9,10)6-4-3-5-8;1-5(2)6(8)3-4-7(9)10;1-6(2)7(9)4-3-5-8/h5-7H,4H2,1-3H3,(H,10,11);5-7H,4H2,1-3H3;3,5,7,10H,4,6H2,1-2H3,(H,9,11);3,5,7,9H,4,6H2,1-2H3;3-5H,1-2H3,(H2,8,10)(H,9,11);3-4,6H,5,8H2,1-2H3,(H,9,10);4,6-9H,3,5H2,1-2H3;3-5H,1-2H3,(H,8,9)(H,10,11);3-4,6,9H,5H2,1-2H3,(H,8,10);3-4,6H,5,8H2,1-2H3;4,6-8H,3,5H2,1-2H3;3-5H,1-2H3,(H,9,10);3-4,6,8H,5H2,1-2H3/b2*6-5+;2*5-3+;2*4-3+;6-4+;3*4-3+;6-4+;2*4-3+. The van der Waals surface area contributed by atoms with E-state index in [1.54, 1.807) is 107 Å². The quantitative estimate of drug-likeness (QED) is 0.0225. The summed E-state index contributed by atoms with van der Waals surface area (Å²) in [5.41, 5.74) is 15.0. The van der Waals surface area contributed by atoms with E-state index in [9.17, 15) is 93.5 Å². The number of aliphatic hydroxyl groups excluding tert-OH is 6. The van der Waals surface area contributed by atoms with Crippen LogP contribution in [0.15, 0.2) is 157 Å². The molecule has 0 aliphatic heterocycles. The Morgan fingerprint density at radius 3 is 0.791 bits per heavy atom. The second-order valence-electron chi connectivity index (χ2n) is 31.5. The van der Waals surface area contributed by atoms with Crippen molar-refractivity contribution in [3.05, 3.63) is 157 Å². The Bertz CT molecular complexity index is 3910. The Kier molecular flexibility index (Phi) is 120. The van der Waals surface area contributed by atoms with E-state index in [1.165, 1.54) is 66.8 Å². The van der Waals surface area contributed by atoms with Crippen LogP contribution >= 0.6 is 0 Å². The van der Waals surface area contributed by atoms with Crippen molar-refractivity contribution in [3.63, 3.8) is 0 Å². The summed E-state index contributed by atoms with van der Waals surface area (Å²) < 4.78 is 55.7. The molecule has 0 heterocycles. The fraction of sp³-hybridized carbons (Fsp3) is 0.567. The lowest BCUT2D eigenvalue weighted by molar-refractivity contribution is -0.138. The summed E-state index contributed by atoms with van der Waals surface area (Å²) in [5, 5.41) is 83.8. The van der Waals surface area contributed by atoms with Gasteiger partial charge in [0.1, 0.15) is 0 Å². The van der Waals surface area contributed by atoms with E-state index in [0.29, 0.717) is 52.0 Å². The van der Waals surface area contributed by atoms with Crippen LogP contribution in [0.4, 0.5) is 0 Å². The summed E-state index contributed by atoms with van der Waals surface area (Å²) in [6.07, 6.45) is 33.4. The van der Waals surface area contributed by atoms with Crippen LogP contribution in [0.3, 0.4) is 0 Å². The molecule has 0 radical (unpaired) electrons. The lowest BCUT2D eigenvalue weighted by Crippen LogP contribution is -2.28. The van der Waals surface area contributed by atoms with Gasteiger partial charge in [0.25, 0.3) is 0 Å². The van der Waals surface area contributed by atoms with Crippen LogP contribution < -0.4 is 53.8 Å². The zero-order valence-electron chi connectivity index (χ0n) is 87.0. The van der Waals surface area contributed by atoms with Gasteiger partial charge in [0, 0.05) is 183 Å². The second kappa shape index (κ2) is 107. The minimum absolute atomic E-state index is 0.00981. The minimum atomic E-state index is -3.29. The Morgan fingerprint density at radius 1 is 0.288 bits per heavy atom. The molecule has 0 atom stereocenters. The predicted molar refractivity (Wildman–Crippen MR) is 546 cm³/mol. The first-order valence-corrected chi connectivity index (χ1v) is 48.0. The number of allylic oxidation sites excluding steroid dienone is 5. The molecule has 0 aromatic heterocycles. The van der Waals surface area contributed by atoms with Crippen molar-refractivity contribution in [2.45, 2.75) is 267 Å². The molecule has 0 aromatic carbocycles. The number of hydrogen-bond donors (Lipinski definition) is 18. The third-order valence-corrected chi connectivity index (χ3v) is 16.1. The van der Waals surface area contributed by atoms with Crippen molar-refractivity contribution in [3.8, 4) is 0 Å². The fourth-order valence-corrected chi connectivity index (χ4v) is 8.23. The first kappa shape index (κ1) is 156. The number of primary amides is 1. The molecule has 0 aliphatic carbocycles. The van der Waals surface area contributed by atoms with Gasteiger partial charge in [-0.05, 0) is 187 Å². The molecule has 0 bridgehead atoms. The molecule has 0 spiro atoms. The van der Waals surface area contributed by atoms with Gasteiger partial charge in [-0.25, -0.2) is 40.7 Å². The van der Waals surface area contributed by atoms with Gasteiger partial charge >= 0.3 is 23.9 Å². The Balaban J connectivity index is -0.000000113. The Hall–Kier alpha value is -11.3. The lowest BCUT2D eigenvalue weighted by Gasteiger charge is -2.04. The van der Waals surface area contributed by atoms with E-state index in [1.807, 2.05) is 111 Å². The number of carboxylic acid groups (broad SMARTS) is 2. The monoisotopic (exact) mass is 2020 g/mol. The maximum atomic E-state index is 11.0. The van der Waals surface area contributed by atoms with Crippen molar-refractivity contribution < 1.29 is 144 Å². The number of rotatable bonds is 46. The van der Waals surface area contributed by atoms with Gasteiger partial charge in [0.2, 0.25) is 51.4 Å². The van der Waals surface area contributed by atoms with Gasteiger partial charge < -0.3 is 99.4 Å². The summed E-state index contributed by atoms with van der Waals surface area (Å²) in [6, 6.07) is 0.570. The molecule has 42 heteroatoms. The number of sulfonamides is 1. The number of nitrogens with one attached hydrogen (secondary N) is 7. The van der Waals surface area contributed by atoms with Gasteiger partial charge in [0.15, 0.2) is 38.8 Å². The van der Waals surface area contributed by atoms with Gasteiger partial charge in [0.05, 0.1) is 31.7 Å². The molecule has 0 unspecified atom stereocenters. The van der Waals surface area contributed by atoms with E-state index < -0.39 is 49.6 Å². The molecule has 7 amide bonds. The number of ether oxygens (including phenoxy) is 2. The van der Waals surface area contributed by atoms with Crippen LogP contribution in [-0.2, 0) is 106 Å². The Morgan fingerprint density at radius 2 is 0.518 bits per heavy atom. The average Bonchev–Trinajstić information content (AvgIpc) is 0.901. The molecule has 0 aromatic rings. The number of sulfone groups is 1. The lowest BCUT2D eigenvalue weighted by atomic mass is 10.1. The smallest absolute Gasteiger partial charge is 0.330 e. The molecule has 0 fully saturated rings. The van der Waals surface area contributed by atoms with E-state index in [2.05, 4.69) is 46.1 Å². The van der Waals surface area contributed by atoms with Gasteiger partial charge in [-0.3, -0.25) is 57.5 Å². The molecule has 40 nitrogen and oxygen atoms in total. The average molecular weight is 2020 g/mol. The highest BCUT2D eigenvalue weighted by molar-refractivity contribution is 7.94. The van der Waals surface area contributed by atoms with Crippen LogP contribution in [0.25, 0.3) is 0 Å². The molecule has 139 heavy (non-hydrogen) atoms.